The standard InChI is InChI=1S/C21H18ClNO3/c22-14-21(24)23-19-11-4-5-12-20(19)26-18-10-6-9-17(13-18)25-15-16-7-2-1-3-8-16/h1-13H,14-15H2,(H,23,24). The topological polar surface area (TPSA) is 47.6 Å². The highest BCUT2D eigenvalue weighted by atomic mass is 35.5. The highest BCUT2D eigenvalue weighted by molar-refractivity contribution is 6.29. The van der Waals surface area contributed by atoms with Crippen LogP contribution in [0.3, 0.4) is 0 Å². The Bertz CT molecular complexity index is 868. The lowest BCUT2D eigenvalue weighted by Crippen LogP contribution is -2.13. The van der Waals surface area contributed by atoms with Crippen molar-refractivity contribution in [2.45, 2.75) is 6.61 Å². The van der Waals surface area contributed by atoms with Gasteiger partial charge in [-0.15, -0.1) is 11.6 Å². The van der Waals surface area contributed by atoms with Gasteiger partial charge in [-0.2, -0.15) is 0 Å². The van der Waals surface area contributed by atoms with Crippen molar-refractivity contribution >= 4 is 23.2 Å². The van der Waals surface area contributed by atoms with Crippen molar-refractivity contribution in [2.75, 3.05) is 11.2 Å². The van der Waals surface area contributed by atoms with Crippen LogP contribution in [-0.2, 0) is 11.4 Å². The first-order valence-electron chi connectivity index (χ1n) is 8.14. The van der Waals surface area contributed by atoms with Crippen LogP contribution in [0.1, 0.15) is 5.56 Å². The molecule has 0 unspecified atom stereocenters. The number of rotatable bonds is 7. The fourth-order valence-corrected chi connectivity index (χ4v) is 2.40. The zero-order chi connectivity index (χ0) is 18.2. The molecule has 0 saturated heterocycles. The number of halogens is 1. The minimum atomic E-state index is -0.289. The molecule has 0 fully saturated rings. The molecule has 5 heteroatoms. The van der Waals surface area contributed by atoms with E-state index >= 15 is 0 Å². The first-order chi connectivity index (χ1) is 12.7. The van der Waals surface area contributed by atoms with Crippen LogP contribution in [0.2, 0.25) is 0 Å². The average Bonchev–Trinajstić information content (AvgIpc) is 2.69. The van der Waals surface area contributed by atoms with Gasteiger partial charge in [-0.1, -0.05) is 48.5 Å². The Hall–Kier alpha value is -2.98. The Morgan fingerprint density at radius 1 is 0.885 bits per heavy atom. The van der Waals surface area contributed by atoms with E-state index < -0.39 is 0 Å². The lowest BCUT2D eigenvalue weighted by Gasteiger charge is -2.13. The zero-order valence-electron chi connectivity index (χ0n) is 14.0. The molecular formula is C21H18ClNO3. The summed E-state index contributed by atoms with van der Waals surface area (Å²) >= 11 is 5.55. The van der Waals surface area contributed by atoms with Gasteiger partial charge in [0.2, 0.25) is 5.91 Å². The van der Waals surface area contributed by atoms with Crippen LogP contribution >= 0.6 is 11.6 Å². The largest absolute Gasteiger partial charge is 0.489 e. The molecule has 3 aromatic carbocycles. The van der Waals surface area contributed by atoms with E-state index in [2.05, 4.69) is 5.32 Å². The zero-order valence-corrected chi connectivity index (χ0v) is 14.8. The van der Waals surface area contributed by atoms with Crippen molar-refractivity contribution in [2.24, 2.45) is 0 Å². The summed E-state index contributed by atoms with van der Waals surface area (Å²) < 4.78 is 11.7. The van der Waals surface area contributed by atoms with E-state index in [1.54, 1.807) is 12.1 Å². The Morgan fingerprint density at radius 2 is 1.62 bits per heavy atom. The predicted octanol–water partition coefficient (Wildman–Crippen LogP) is 5.24. The third-order valence-corrected chi connectivity index (χ3v) is 3.81. The average molecular weight is 368 g/mol. The molecular weight excluding hydrogens is 350 g/mol. The van der Waals surface area contributed by atoms with E-state index in [-0.39, 0.29) is 11.8 Å². The number of hydrogen-bond acceptors (Lipinski definition) is 3. The summed E-state index contributed by atoms with van der Waals surface area (Å²) in [7, 11) is 0. The van der Waals surface area contributed by atoms with Crippen LogP contribution in [0.15, 0.2) is 78.9 Å². The van der Waals surface area contributed by atoms with E-state index in [4.69, 9.17) is 21.1 Å². The van der Waals surface area contributed by atoms with Crippen molar-refractivity contribution in [3.05, 3.63) is 84.4 Å². The molecule has 3 aromatic rings. The van der Waals surface area contributed by atoms with Gasteiger partial charge in [0.1, 0.15) is 24.0 Å². The summed E-state index contributed by atoms with van der Waals surface area (Å²) in [5.74, 6) is 1.45. The van der Waals surface area contributed by atoms with Gasteiger partial charge in [0, 0.05) is 6.07 Å². The number of benzene rings is 3. The Balaban J connectivity index is 1.70. The van der Waals surface area contributed by atoms with Crippen LogP contribution in [0.5, 0.6) is 17.2 Å². The second-order valence-corrected chi connectivity index (χ2v) is 5.80. The minimum Gasteiger partial charge on any atom is -0.489 e. The highest BCUT2D eigenvalue weighted by Crippen LogP contribution is 2.31. The third-order valence-electron chi connectivity index (χ3n) is 3.56. The van der Waals surface area contributed by atoms with Crippen LogP contribution in [0.25, 0.3) is 0 Å². The molecule has 0 aliphatic carbocycles. The molecule has 0 heterocycles. The van der Waals surface area contributed by atoms with Gasteiger partial charge in [0.15, 0.2) is 5.75 Å². The molecule has 0 aromatic heterocycles. The SMILES string of the molecule is O=C(CCl)Nc1ccccc1Oc1cccc(OCc2ccccc2)c1. The number of anilines is 1. The number of ether oxygens (including phenoxy) is 2. The van der Waals surface area contributed by atoms with E-state index in [1.165, 1.54) is 0 Å². The maximum absolute atomic E-state index is 11.5. The first-order valence-corrected chi connectivity index (χ1v) is 8.67. The van der Waals surface area contributed by atoms with E-state index in [0.717, 1.165) is 5.56 Å². The molecule has 132 valence electrons. The molecule has 0 saturated carbocycles. The van der Waals surface area contributed by atoms with E-state index in [0.29, 0.717) is 29.5 Å². The molecule has 0 aliphatic heterocycles. The number of para-hydroxylation sites is 2. The number of carbonyl (C=O) groups is 1. The van der Waals surface area contributed by atoms with E-state index in [1.807, 2.05) is 66.7 Å². The van der Waals surface area contributed by atoms with Gasteiger partial charge >= 0.3 is 0 Å². The second kappa shape index (κ2) is 8.92. The van der Waals surface area contributed by atoms with Crippen molar-refractivity contribution in [1.82, 2.24) is 0 Å². The smallest absolute Gasteiger partial charge is 0.239 e. The molecule has 1 amide bonds. The highest BCUT2D eigenvalue weighted by Gasteiger charge is 2.08. The van der Waals surface area contributed by atoms with Gasteiger partial charge < -0.3 is 14.8 Å². The molecule has 1 N–H and O–H groups in total. The monoisotopic (exact) mass is 367 g/mol. The van der Waals surface area contributed by atoms with Crippen LogP contribution < -0.4 is 14.8 Å². The van der Waals surface area contributed by atoms with Gasteiger partial charge in [-0.25, -0.2) is 0 Å². The second-order valence-electron chi connectivity index (χ2n) is 5.53. The summed E-state index contributed by atoms with van der Waals surface area (Å²) in [5.41, 5.74) is 1.65. The fourth-order valence-electron chi connectivity index (χ4n) is 2.34. The number of alkyl halides is 1. The number of carbonyl (C=O) groups excluding carboxylic acids is 1. The molecule has 3 rings (SSSR count). The first kappa shape index (κ1) is 17.8. The van der Waals surface area contributed by atoms with Gasteiger partial charge in [0.25, 0.3) is 0 Å². The summed E-state index contributed by atoms with van der Waals surface area (Å²) in [6.07, 6.45) is 0. The van der Waals surface area contributed by atoms with Crippen molar-refractivity contribution in [1.29, 1.82) is 0 Å². The third kappa shape index (κ3) is 5.01. The maximum Gasteiger partial charge on any atom is 0.239 e. The molecule has 4 nitrogen and oxygen atoms in total. The van der Waals surface area contributed by atoms with Crippen LogP contribution in [0, 0.1) is 0 Å². The number of hydrogen-bond donors (Lipinski definition) is 1. The molecule has 0 aliphatic rings. The van der Waals surface area contributed by atoms with Gasteiger partial charge in [-0.05, 0) is 29.8 Å². The van der Waals surface area contributed by atoms with Gasteiger partial charge in [-0.3, -0.25) is 4.79 Å². The normalized spacial score (nSPS) is 10.2. The molecule has 0 bridgehead atoms. The maximum atomic E-state index is 11.5. The van der Waals surface area contributed by atoms with E-state index in [9.17, 15) is 4.79 Å². The van der Waals surface area contributed by atoms with Crippen LogP contribution in [-0.4, -0.2) is 11.8 Å². The molecule has 0 atom stereocenters. The quantitative estimate of drug-likeness (QED) is 0.581. The predicted molar refractivity (Wildman–Crippen MR) is 103 cm³/mol. The van der Waals surface area contributed by atoms with Crippen molar-refractivity contribution in [3.8, 4) is 17.2 Å². The minimum absolute atomic E-state index is 0.114. The molecule has 26 heavy (non-hydrogen) atoms. The summed E-state index contributed by atoms with van der Waals surface area (Å²) in [6.45, 7) is 0.479. The Labute approximate surface area is 157 Å². The Morgan fingerprint density at radius 3 is 2.42 bits per heavy atom. The molecule has 0 spiro atoms. The number of nitrogens with one attached hydrogen (secondary N) is 1. The summed E-state index contributed by atoms with van der Waals surface area (Å²) in [6, 6.07) is 24.5. The summed E-state index contributed by atoms with van der Waals surface area (Å²) in [4.78, 5) is 11.5. The Kier molecular flexibility index (Phi) is 6.12. The van der Waals surface area contributed by atoms with Crippen LogP contribution in [0.4, 0.5) is 5.69 Å². The fraction of sp³-hybridized carbons (Fsp3) is 0.0952. The summed E-state index contributed by atoms with van der Waals surface area (Å²) in [5, 5.41) is 2.71. The lowest BCUT2D eigenvalue weighted by molar-refractivity contribution is -0.113. The van der Waals surface area contributed by atoms with Crippen molar-refractivity contribution < 1.29 is 14.3 Å². The van der Waals surface area contributed by atoms with Crippen molar-refractivity contribution in [3.63, 3.8) is 0 Å². The number of amides is 1. The molecule has 0 radical (unpaired) electrons. The lowest BCUT2D eigenvalue weighted by atomic mass is 10.2. The van der Waals surface area contributed by atoms with Gasteiger partial charge in [0.05, 0.1) is 5.69 Å².